The highest BCUT2D eigenvalue weighted by atomic mass is 15.7. The van der Waals surface area contributed by atoms with Crippen molar-refractivity contribution in [3.05, 3.63) is 12.2 Å². The Morgan fingerprint density at radius 3 is 2.36 bits per heavy atom. The second-order valence-corrected chi connectivity index (χ2v) is 2.69. The van der Waals surface area contributed by atoms with Crippen LogP contribution in [0.15, 0.2) is 6.33 Å². The maximum atomic E-state index is 4.19. The molecule has 0 unspecified atom stereocenters. The highest BCUT2D eigenvalue weighted by molar-refractivity contribution is 5.23. The van der Waals surface area contributed by atoms with E-state index in [1.54, 1.807) is 5.12 Å². The molecule has 0 amide bonds. The van der Waals surface area contributed by atoms with Crippen LogP contribution >= 0.6 is 0 Å². The summed E-state index contributed by atoms with van der Waals surface area (Å²) in [6, 6.07) is 0. The number of rotatable bonds is 5. The van der Waals surface area contributed by atoms with Crippen molar-refractivity contribution < 1.29 is 0 Å². The number of aromatic nitrogens is 3. The summed E-state index contributed by atoms with van der Waals surface area (Å²) in [5.41, 5.74) is 6.19. The van der Waals surface area contributed by atoms with E-state index in [4.69, 9.17) is 0 Å². The number of aryl methyl sites for hydroxylation is 1. The molecule has 1 heterocycles. The summed E-state index contributed by atoms with van der Waals surface area (Å²) in [4.78, 5) is 12.2. The highest BCUT2D eigenvalue weighted by Crippen LogP contribution is 1.99. The lowest BCUT2D eigenvalue weighted by atomic mass is 10.7. The van der Waals surface area contributed by atoms with Gasteiger partial charge in [-0.3, -0.25) is 0 Å². The van der Waals surface area contributed by atoms with Crippen molar-refractivity contribution in [2.75, 3.05) is 18.2 Å². The lowest BCUT2D eigenvalue weighted by Crippen LogP contribution is -2.49. The van der Waals surface area contributed by atoms with Gasteiger partial charge in [0, 0.05) is 13.1 Å². The molecule has 14 heavy (non-hydrogen) atoms. The van der Waals surface area contributed by atoms with Crippen LogP contribution in [0.25, 0.3) is 0 Å². The maximum absolute atomic E-state index is 4.19. The van der Waals surface area contributed by atoms with Gasteiger partial charge in [-0.2, -0.15) is 9.97 Å². The maximum Gasteiger partial charge on any atom is 0.258 e. The smallest absolute Gasteiger partial charge is 0.222 e. The van der Waals surface area contributed by atoms with Gasteiger partial charge in [0.2, 0.25) is 0 Å². The van der Waals surface area contributed by atoms with Crippen LogP contribution < -0.4 is 16.0 Å². The van der Waals surface area contributed by atoms with Crippen molar-refractivity contribution in [2.24, 2.45) is 0 Å². The van der Waals surface area contributed by atoms with Crippen molar-refractivity contribution in [1.82, 2.24) is 25.8 Å². The standard InChI is InChI=1S/C8H16N6/c1-4-11-14(12-5-2)8-10-6-9-7(3)13-8/h6,11-12H,4-5H2,1-3H3. The molecule has 0 aromatic carbocycles. The van der Waals surface area contributed by atoms with Gasteiger partial charge >= 0.3 is 0 Å². The van der Waals surface area contributed by atoms with Gasteiger partial charge in [0.1, 0.15) is 12.2 Å². The summed E-state index contributed by atoms with van der Waals surface area (Å²) >= 11 is 0. The first kappa shape index (κ1) is 10.8. The molecule has 1 aromatic heterocycles. The molecule has 6 nitrogen and oxygen atoms in total. The van der Waals surface area contributed by atoms with Crippen LogP contribution in [0, 0.1) is 6.92 Å². The topological polar surface area (TPSA) is 66.0 Å². The molecule has 1 rings (SSSR count). The van der Waals surface area contributed by atoms with E-state index in [0.717, 1.165) is 13.1 Å². The van der Waals surface area contributed by atoms with Crippen molar-refractivity contribution in [2.45, 2.75) is 20.8 Å². The molecule has 0 aliphatic rings. The Morgan fingerprint density at radius 2 is 1.86 bits per heavy atom. The first-order valence-corrected chi connectivity index (χ1v) is 4.70. The first-order valence-electron chi connectivity index (χ1n) is 4.70. The Morgan fingerprint density at radius 1 is 1.21 bits per heavy atom. The van der Waals surface area contributed by atoms with E-state index in [-0.39, 0.29) is 0 Å². The van der Waals surface area contributed by atoms with E-state index in [2.05, 4.69) is 25.8 Å². The molecule has 0 saturated carbocycles. The molecular weight excluding hydrogens is 180 g/mol. The lowest BCUT2D eigenvalue weighted by Gasteiger charge is -2.22. The summed E-state index contributed by atoms with van der Waals surface area (Å²) in [5.74, 6) is 1.29. The summed E-state index contributed by atoms with van der Waals surface area (Å²) in [6.07, 6.45) is 1.50. The van der Waals surface area contributed by atoms with Gasteiger partial charge in [-0.25, -0.2) is 21.0 Å². The quantitative estimate of drug-likeness (QED) is 0.648. The SMILES string of the molecule is CCNN(NCC)c1ncnc(C)n1. The van der Waals surface area contributed by atoms with Crippen LogP contribution in [0.2, 0.25) is 0 Å². The minimum atomic E-state index is 0.584. The first-order chi connectivity index (χ1) is 6.77. The fourth-order valence-corrected chi connectivity index (χ4v) is 0.988. The summed E-state index contributed by atoms with van der Waals surface area (Å²) < 4.78 is 0. The number of hydrogen-bond acceptors (Lipinski definition) is 6. The average molecular weight is 196 g/mol. The lowest BCUT2D eigenvalue weighted by molar-refractivity contribution is 0.532. The van der Waals surface area contributed by atoms with Crippen LogP contribution in [-0.2, 0) is 0 Å². The molecular formula is C8H16N6. The van der Waals surface area contributed by atoms with E-state index in [1.165, 1.54) is 6.33 Å². The second kappa shape index (κ2) is 5.46. The summed E-state index contributed by atoms with van der Waals surface area (Å²) in [5, 5.41) is 1.70. The molecule has 0 fully saturated rings. The molecule has 0 spiro atoms. The summed E-state index contributed by atoms with van der Waals surface area (Å²) in [6.45, 7) is 7.47. The number of hydrogen-bond donors (Lipinski definition) is 2. The third-order valence-corrected chi connectivity index (χ3v) is 1.51. The minimum absolute atomic E-state index is 0.584. The van der Waals surface area contributed by atoms with Crippen molar-refractivity contribution in [3.8, 4) is 0 Å². The van der Waals surface area contributed by atoms with Crippen molar-refractivity contribution in [3.63, 3.8) is 0 Å². The van der Waals surface area contributed by atoms with Crippen LogP contribution in [0.3, 0.4) is 0 Å². The Labute approximate surface area is 83.7 Å². The fourth-order valence-electron chi connectivity index (χ4n) is 0.988. The molecule has 0 aliphatic heterocycles. The van der Waals surface area contributed by atoms with E-state index in [9.17, 15) is 0 Å². The van der Waals surface area contributed by atoms with E-state index >= 15 is 0 Å². The number of anilines is 1. The Hall–Kier alpha value is -1.27. The molecule has 0 aliphatic carbocycles. The second-order valence-electron chi connectivity index (χ2n) is 2.69. The Bertz CT molecular complexity index is 270. The molecule has 0 saturated heterocycles. The van der Waals surface area contributed by atoms with Crippen molar-refractivity contribution >= 4 is 5.95 Å². The van der Waals surface area contributed by atoms with E-state index in [1.807, 2.05) is 20.8 Å². The highest BCUT2D eigenvalue weighted by Gasteiger charge is 2.06. The largest absolute Gasteiger partial charge is 0.258 e. The third kappa shape index (κ3) is 2.90. The zero-order chi connectivity index (χ0) is 10.4. The molecule has 6 heteroatoms. The van der Waals surface area contributed by atoms with Gasteiger partial charge in [-0.1, -0.05) is 13.8 Å². The molecule has 0 bridgehead atoms. The van der Waals surface area contributed by atoms with Crippen LogP contribution in [0.1, 0.15) is 19.7 Å². The fraction of sp³-hybridized carbons (Fsp3) is 0.625. The number of hydrazine groups is 2. The molecule has 1 aromatic rings. The van der Waals surface area contributed by atoms with E-state index < -0.39 is 0 Å². The predicted octanol–water partition coefficient (Wildman–Crippen LogP) is 0.0354. The van der Waals surface area contributed by atoms with Crippen LogP contribution in [0.5, 0.6) is 0 Å². The summed E-state index contributed by atoms with van der Waals surface area (Å²) in [7, 11) is 0. The predicted molar refractivity (Wildman–Crippen MR) is 54.4 cm³/mol. The van der Waals surface area contributed by atoms with Gasteiger partial charge in [-0.05, 0) is 6.92 Å². The van der Waals surface area contributed by atoms with Crippen LogP contribution in [0.4, 0.5) is 5.95 Å². The Balaban J connectivity index is 2.75. The third-order valence-electron chi connectivity index (χ3n) is 1.51. The molecule has 78 valence electrons. The van der Waals surface area contributed by atoms with Gasteiger partial charge in [0.05, 0.1) is 0 Å². The van der Waals surface area contributed by atoms with Gasteiger partial charge in [-0.15, -0.1) is 0 Å². The monoisotopic (exact) mass is 196 g/mol. The molecule has 0 radical (unpaired) electrons. The minimum Gasteiger partial charge on any atom is -0.222 e. The van der Waals surface area contributed by atoms with Crippen LogP contribution in [-0.4, -0.2) is 28.0 Å². The zero-order valence-electron chi connectivity index (χ0n) is 8.78. The number of nitrogens with one attached hydrogen (secondary N) is 2. The van der Waals surface area contributed by atoms with E-state index in [0.29, 0.717) is 11.8 Å². The average Bonchev–Trinajstić information content (AvgIpc) is 2.17. The normalized spacial score (nSPS) is 10.2. The van der Waals surface area contributed by atoms with Crippen molar-refractivity contribution in [1.29, 1.82) is 0 Å². The van der Waals surface area contributed by atoms with Gasteiger partial charge < -0.3 is 0 Å². The number of nitrogens with zero attached hydrogens (tertiary/aromatic N) is 4. The zero-order valence-corrected chi connectivity index (χ0v) is 8.78. The van der Waals surface area contributed by atoms with Gasteiger partial charge in [0.25, 0.3) is 5.95 Å². The molecule has 2 N–H and O–H groups in total. The van der Waals surface area contributed by atoms with Gasteiger partial charge in [0.15, 0.2) is 0 Å². The Kier molecular flexibility index (Phi) is 4.21. The molecule has 0 atom stereocenters.